The Morgan fingerprint density at radius 1 is 1.40 bits per heavy atom. The van der Waals surface area contributed by atoms with Crippen molar-refractivity contribution in [1.82, 2.24) is 15.4 Å². The molecule has 1 N–H and O–H groups in total. The lowest BCUT2D eigenvalue weighted by atomic mass is 10.1. The molecule has 0 saturated carbocycles. The van der Waals surface area contributed by atoms with Crippen LogP contribution in [-0.2, 0) is 11.2 Å². The lowest BCUT2D eigenvalue weighted by molar-refractivity contribution is -0.124. The second-order valence-electron chi connectivity index (χ2n) is 3.64. The highest BCUT2D eigenvalue weighted by atomic mass is 16.2. The van der Waals surface area contributed by atoms with Crippen LogP contribution < -0.4 is 5.43 Å². The molecule has 1 aromatic rings. The first-order valence-corrected chi connectivity index (χ1v) is 5.04. The highest BCUT2D eigenvalue weighted by molar-refractivity contribution is 5.75. The number of hydrogen-bond acceptors (Lipinski definition) is 3. The summed E-state index contributed by atoms with van der Waals surface area (Å²) in [6, 6.07) is 3.95. The molecule has 0 radical (unpaired) electrons. The maximum Gasteiger partial charge on any atom is 0.234 e. The minimum Gasteiger partial charge on any atom is -0.289 e. The van der Waals surface area contributed by atoms with Crippen LogP contribution in [-0.4, -0.2) is 30.0 Å². The predicted octanol–water partition coefficient (Wildman–Crippen LogP) is 0.997. The standard InChI is InChI=1S/C11H17N3O/c1-14(2)13-11(15)5-3-4-10-6-8-12-9-7-10/h6-9H,3-5H2,1-2H3,(H,13,15). The molecule has 0 bridgehead atoms. The molecule has 0 unspecified atom stereocenters. The van der Waals surface area contributed by atoms with E-state index in [1.54, 1.807) is 31.5 Å². The van der Waals surface area contributed by atoms with Gasteiger partial charge in [0.15, 0.2) is 0 Å². The van der Waals surface area contributed by atoms with Gasteiger partial charge in [-0.3, -0.25) is 15.2 Å². The van der Waals surface area contributed by atoms with Gasteiger partial charge in [0.05, 0.1) is 0 Å². The number of amides is 1. The van der Waals surface area contributed by atoms with Crippen molar-refractivity contribution in [1.29, 1.82) is 0 Å². The highest BCUT2D eigenvalue weighted by Crippen LogP contribution is 2.02. The van der Waals surface area contributed by atoms with Crippen molar-refractivity contribution in [3.05, 3.63) is 30.1 Å². The number of pyridine rings is 1. The molecule has 0 aliphatic carbocycles. The molecule has 4 nitrogen and oxygen atoms in total. The summed E-state index contributed by atoms with van der Waals surface area (Å²) in [5, 5.41) is 1.66. The van der Waals surface area contributed by atoms with Crippen molar-refractivity contribution in [2.75, 3.05) is 14.1 Å². The summed E-state index contributed by atoms with van der Waals surface area (Å²) >= 11 is 0. The summed E-state index contributed by atoms with van der Waals surface area (Å²) in [5.41, 5.74) is 3.94. The summed E-state index contributed by atoms with van der Waals surface area (Å²) in [7, 11) is 3.61. The molecule has 0 aromatic carbocycles. The van der Waals surface area contributed by atoms with Crippen LogP contribution >= 0.6 is 0 Å². The largest absolute Gasteiger partial charge is 0.289 e. The lowest BCUT2D eigenvalue weighted by Gasteiger charge is -2.11. The zero-order valence-corrected chi connectivity index (χ0v) is 9.23. The third kappa shape index (κ3) is 5.12. The molecule has 15 heavy (non-hydrogen) atoms. The van der Waals surface area contributed by atoms with E-state index in [2.05, 4.69) is 10.4 Å². The maximum atomic E-state index is 11.3. The second kappa shape index (κ2) is 6.14. The first-order chi connectivity index (χ1) is 7.18. The molecule has 0 saturated heterocycles. The average Bonchev–Trinajstić information content (AvgIpc) is 2.18. The predicted molar refractivity (Wildman–Crippen MR) is 59.0 cm³/mol. The third-order valence-corrected chi connectivity index (χ3v) is 1.97. The van der Waals surface area contributed by atoms with E-state index in [0.717, 1.165) is 12.8 Å². The molecule has 4 heteroatoms. The van der Waals surface area contributed by atoms with Crippen molar-refractivity contribution in [3.63, 3.8) is 0 Å². The zero-order chi connectivity index (χ0) is 11.1. The molecule has 0 spiro atoms. The fraction of sp³-hybridized carbons (Fsp3) is 0.455. The van der Waals surface area contributed by atoms with E-state index in [4.69, 9.17) is 0 Å². The van der Waals surface area contributed by atoms with E-state index in [1.807, 2.05) is 12.1 Å². The topological polar surface area (TPSA) is 45.2 Å². The van der Waals surface area contributed by atoms with E-state index in [9.17, 15) is 4.79 Å². The Hall–Kier alpha value is -1.42. The summed E-state index contributed by atoms with van der Waals surface area (Å²) in [4.78, 5) is 15.2. The molecule has 1 heterocycles. The quantitative estimate of drug-likeness (QED) is 0.732. The van der Waals surface area contributed by atoms with Gasteiger partial charge in [-0.05, 0) is 30.5 Å². The summed E-state index contributed by atoms with van der Waals surface area (Å²) in [6.45, 7) is 0. The number of rotatable bonds is 5. The third-order valence-electron chi connectivity index (χ3n) is 1.97. The molecule has 1 aromatic heterocycles. The van der Waals surface area contributed by atoms with Crippen molar-refractivity contribution in [2.45, 2.75) is 19.3 Å². The monoisotopic (exact) mass is 207 g/mol. The van der Waals surface area contributed by atoms with E-state index in [1.165, 1.54) is 5.56 Å². The van der Waals surface area contributed by atoms with Gasteiger partial charge >= 0.3 is 0 Å². The number of hydrogen-bond donors (Lipinski definition) is 1. The first kappa shape index (κ1) is 11.7. The van der Waals surface area contributed by atoms with Crippen LogP contribution in [0.1, 0.15) is 18.4 Å². The number of hydrazine groups is 1. The van der Waals surface area contributed by atoms with Gasteiger partial charge < -0.3 is 0 Å². The van der Waals surface area contributed by atoms with Gasteiger partial charge in [-0.25, -0.2) is 5.01 Å². The number of nitrogens with zero attached hydrogens (tertiary/aromatic N) is 2. The number of nitrogens with one attached hydrogen (secondary N) is 1. The van der Waals surface area contributed by atoms with Gasteiger partial charge in [-0.1, -0.05) is 0 Å². The normalized spacial score (nSPS) is 10.3. The Bertz CT molecular complexity index is 298. The van der Waals surface area contributed by atoms with Crippen molar-refractivity contribution < 1.29 is 4.79 Å². The van der Waals surface area contributed by atoms with E-state index in [-0.39, 0.29) is 5.91 Å². The van der Waals surface area contributed by atoms with Crippen LogP contribution in [0.3, 0.4) is 0 Å². The van der Waals surface area contributed by atoms with Gasteiger partial charge in [-0.2, -0.15) is 0 Å². The zero-order valence-electron chi connectivity index (χ0n) is 9.23. The number of carbonyl (C=O) groups is 1. The van der Waals surface area contributed by atoms with Gasteiger partial charge in [0, 0.05) is 32.9 Å². The second-order valence-corrected chi connectivity index (χ2v) is 3.64. The molecule has 0 atom stereocenters. The SMILES string of the molecule is CN(C)NC(=O)CCCc1ccncc1. The first-order valence-electron chi connectivity index (χ1n) is 5.04. The molecule has 82 valence electrons. The molecule has 0 fully saturated rings. The maximum absolute atomic E-state index is 11.3. The smallest absolute Gasteiger partial charge is 0.234 e. The Morgan fingerprint density at radius 2 is 2.07 bits per heavy atom. The minimum absolute atomic E-state index is 0.0639. The molecular formula is C11H17N3O. The van der Waals surface area contributed by atoms with Crippen LogP contribution in [0.5, 0.6) is 0 Å². The Morgan fingerprint density at radius 3 is 2.67 bits per heavy atom. The summed E-state index contributed by atoms with van der Waals surface area (Å²) in [5.74, 6) is 0.0639. The number of carbonyl (C=O) groups excluding carboxylic acids is 1. The van der Waals surface area contributed by atoms with Crippen molar-refractivity contribution in [3.8, 4) is 0 Å². The van der Waals surface area contributed by atoms with Crippen LogP contribution in [0.15, 0.2) is 24.5 Å². The Labute approximate surface area is 90.3 Å². The highest BCUT2D eigenvalue weighted by Gasteiger charge is 2.01. The van der Waals surface area contributed by atoms with Crippen LogP contribution in [0.2, 0.25) is 0 Å². The van der Waals surface area contributed by atoms with Gasteiger partial charge in [0.1, 0.15) is 0 Å². The van der Waals surface area contributed by atoms with E-state index < -0.39 is 0 Å². The van der Waals surface area contributed by atoms with Gasteiger partial charge in [-0.15, -0.1) is 0 Å². The number of aryl methyl sites for hydroxylation is 1. The van der Waals surface area contributed by atoms with Crippen molar-refractivity contribution in [2.24, 2.45) is 0 Å². The average molecular weight is 207 g/mol. The number of aromatic nitrogens is 1. The van der Waals surface area contributed by atoms with Crippen LogP contribution in [0.4, 0.5) is 0 Å². The molecular weight excluding hydrogens is 190 g/mol. The van der Waals surface area contributed by atoms with E-state index >= 15 is 0 Å². The Balaban J connectivity index is 2.19. The molecule has 1 amide bonds. The fourth-order valence-electron chi connectivity index (χ4n) is 1.31. The molecule has 0 aliphatic rings. The molecule has 0 aliphatic heterocycles. The molecule has 1 rings (SSSR count). The van der Waals surface area contributed by atoms with Crippen molar-refractivity contribution >= 4 is 5.91 Å². The Kier molecular flexibility index (Phi) is 4.77. The minimum atomic E-state index is 0.0639. The van der Waals surface area contributed by atoms with Crippen LogP contribution in [0.25, 0.3) is 0 Å². The summed E-state index contributed by atoms with van der Waals surface area (Å²) < 4.78 is 0. The fourth-order valence-corrected chi connectivity index (χ4v) is 1.31. The van der Waals surface area contributed by atoms with Gasteiger partial charge in [0.2, 0.25) is 5.91 Å². The van der Waals surface area contributed by atoms with Crippen LogP contribution in [0, 0.1) is 0 Å². The summed E-state index contributed by atoms with van der Waals surface area (Å²) in [6.07, 6.45) is 5.89. The van der Waals surface area contributed by atoms with Gasteiger partial charge in [0.25, 0.3) is 0 Å². The van der Waals surface area contributed by atoms with E-state index in [0.29, 0.717) is 6.42 Å². The lowest BCUT2D eigenvalue weighted by Crippen LogP contribution is -2.35.